The molecule has 5 atom stereocenters. The molecule has 0 aromatic heterocycles. The van der Waals surface area contributed by atoms with E-state index in [-0.39, 0.29) is 18.5 Å². The van der Waals surface area contributed by atoms with E-state index in [0.717, 1.165) is 5.57 Å². The van der Waals surface area contributed by atoms with Crippen molar-refractivity contribution in [3.63, 3.8) is 0 Å². The van der Waals surface area contributed by atoms with Crippen molar-refractivity contribution in [1.29, 1.82) is 0 Å². The average Bonchev–Trinajstić information content (AvgIpc) is 3.39. The molecule has 0 radical (unpaired) electrons. The number of ether oxygens (including phenoxy) is 3. The maximum Gasteiger partial charge on any atom is 0.164 e. The Hall–Kier alpha value is -0.790. The number of aliphatic hydroxyl groups excluding tert-OH is 1. The number of rotatable bonds is 5. The Bertz CT molecular complexity index is 511. The van der Waals surface area contributed by atoms with Gasteiger partial charge in [0.1, 0.15) is 17.3 Å². The van der Waals surface area contributed by atoms with Gasteiger partial charge < -0.3 is 24.4 Å². The standard InChI is InChI=1S/C16H24O6/c1-10(8-17)4-5-12-14(2,22-12)16(19)13(20-3)11(18)6-7-15(16)9-21-15/h4,12-13,17,19H,5-9H2,1-3H3/b10-4+. The predicted octanol–water partition coefficient (Wildman–Crippen LogP) is 0.351. The Morgan fingerprint density at radius 2 is 2.23 bits per heavy atom. The number of epoxide rings is 2. The molecule has 22 heavy (non-hydrogen) atoms. The van der Waals surface area contributed by atoms with Crippen LogP contribution in [0.2, 0.25) is 0 Å². The first-order valence-corrected chi connectivity index (χ1v) is 7.71. The summed E-state index contributed by atoms with van der Waals surface area (Å²) < 4.78 is 16.7. The van der Waals surface area contributed by atoms with Gasteiger partial charge in [0.25, 0.3) is 0 Å². The molecule has 124 valence electrons. The highest BCUT2D eigenvalue weighted by atomic mass is 16.7. The monoisotopic (exact) mass is 312 g/mol. The van der Waals surface area contributed by atoms with Gasteiger partial charge in [-0.25, -0.2) is 0 Å². The van der Waals surface area contributed by atoms with Gasteiger partial charge in [-0.1, -0.05) is 11.6 Å². The lowest BCUT2D eigenvalue weighted by Crippen LogP contribution is -2.69. The molecule has 5 unspecified atom stereocenters. The van der Waals surface area contributed by atoms with E-state index in [4.69, 9.17) is 19.3 Å². The third-order valence-electron chi connectivity index (χ3n) is 5.50. The SMILES string of the molecule is COC1C(=O)CCC2(CO2)C1(O)C1(C)OC1C/C=C(\C)CO. The van der Waals surface area contributed by atoms with E-state index in [9.17, 15) is 9.90 Å². The summed E-state index contributed by atoms with van der Waals surface area (Å²) >= 11 is 0. The second-order valence-corrected chi connectivity index (χ2v) is 6.79. The fraction of sp³-hybridized carbons (Fsp3) is 0.812. The molecular weight excluding hydrogens is 288 g/mol. The Kier molecular flexibility index (Phi) is 3.73. The van der Waals surface area contributed by atoms with Crippen LogP contribution in [0.15, 0.2) is 11.6 Å². The lowest BCUT2D eigenvalue weighted by Gasteiger charge is -2.45. The molecule has 3 fully saturated rings. The van der Waals surface area contributed by atoms with Crippen LogP contribution in [0.3, 0.4) is 0 Å². The van der Waals surface area contributed by atoms with E-state index in [1.807, 2.05) is 19.9 Å². The Labute approximate surface area is 130 Å². The van der Waals surface area contributed by atoms with E-state index in [2.05, 4.69) is 0 Å². The number of carbonyl (C=O) groups excluding carboxylic acids is 1. The van der Waals surface area contributed by atoms with Gasteiger partial charge >= 0.3 is 0 Å². The van der Waals surface area contributed by atoms with Crippen molar-refractivity contribution in [2.45, 2.75) is 62.1 Å². The molecule has 6 nitrogen and oxygen atoms in total. The Morgan fingerprint density at radius 3 is 2.77 bits per heavy atom. The zero-order valence-electron chi connectivity index (χ0n) is 13.3. The van der Waals surface area contributed by atoms with Crippen LogP contribution in [0, 0.1) is 0 Å². The van der Waals surface area contributed by atoms with E-state index < -0.39 is 22.9 Å². The van der Waals surface area contributed by atoms with Gasteiger partial charge in [0, 0.05) is 13.5 Å². The topological polar surface area (TPSA) is 91.8 Å². The van der Waals surface area contributed by atoms with Gasteiger partial charge in [-0.15, -0.1) is 0 Å². The van der Waals surface area contributed by atoms with Gasteiger partial charge in [0.2, 0.25) is 0 Å². The Balaban J connectivity index is 1.86. The number of hydrogen-bond donors (Lipinski definition) is 2. The summed E-state index contributed by atoms with van der Waals surface area (Å²) in [5.74, 6) is -0.108. The van der Waals surface area contributed by atoms with Crippen molar-refractivity contribution >= 4 is 5.78 Å². The van der Waals surface area contributed by atoms with Crippen molar-refractivity contribution in [3.05, 3.63) is 11.6 Å². The number of ketones is 1. The van der Waals surface area contributed by atoms with Crippen LogP contribution in [-0.2, 0) is 19.0 Å². The highest BCUT2D eigenvalue weighted by molar-refractivity contribution is 5.87. The molecule has 2 aliphatic heterocycles. The van der Waals surface area contributed by atoms with Crippen molar-refractivity contribution < 1.29 is 29.2 Å². The molecular formula is C16H24O6. The second-order valence-electron chi connectivity index (χ2n) is 6.79. The van der Waals surface area contributed by atoms with Gasteiger partial charge in [-0.05, 0) is 26.7 Å². The average molecular weight is 312 g/mol. The summed E-state index contributed by atoms with van der Waals surface area (Å²) in [6, 6.07) is 0. The molecule has 1 saturated carbocycles. The summed E-state index contributed by atoms with van der Waals surface area (Å²) in [5, 5.41) is 20.5. The normalized spacial score (nSPS) is 47.9. The van der Waals surface area contributed by atoms with Crippen LogP contribution >= 0.6 is 0 Å². The number of hydrogen-bond acceptors (Lipinski definition) is 6. The lowest BCUT2D eigenvalue weighted by molar-refractivity contribution is -0.193. The molecule has 6 heteroatoms. The summed E-state index contributed by atoms with van der Waals surface area (Å²) in [4.78, 5) is 12.2. The smallest absolute Gasteiger partial charge is 0.164 e. The molecule has 3 rings (SSSR count). The zero-order valence-corrected chi connectivity index (χ0v) is 13.3. The molecule has 2 saturated heterocycles. The van der Waals surface area contributed by atoms with Crippen molar-refractivity contribution in [1.82, 2.24) is 0 Å². The highest BCUT2D eigenvalue weighted by Gasteiger charge is 2.81. The molecule has 0 amide bonds. The van der Waals surface area contributed by atoms with Crippen molar-refractivity contribution in [2.24, 2.45) is 0 Å². The van der Waals surface area contributed by atoms with Crippen molar-refractivity contribution in [2.75, 3.05) is 20.3 Å². The lowest BCUT2D eigenvalue weighted by atomic mass is 9.65. The molecule has 2 N–H and O–H groups in total. The zero-order chi connectivity index (χ0) is 16.2. The van der Waals surface area contributed by atoms with Crippen LogP contribution in [0.5, 0.6) is 0 Å². The van der Waals surface area contributed by atoms with Crippen LogP contribution in [0.1, 0.15) is 33.1 Å². The number of methoxy groups -OCH3 is 1. The summed E-state index contributed by atoms with van der Waals surface area (Å²) in [5.41, 5.74) is -2.24. The number of aliphatic hydroxyl groups is 2. The molecule has 0 aromatic rings. The minimum atomic E-state index is -1.48. The third kappa shape index (κ3) is 2.02. The van der Waals surface area contributed by atoms with E-state index in [1.165, 1.54) is 7.11 Å². The first-order valence-electron chi connectivity index (χ1n) is 7.71. The van der Waals surface area contributed by atoms with Gasteiger partial charge in [0.05, 0.1) is 19.3 Å². The van der Waals surface area contributed by atoms with E-state index in [0.29, 0.717) is 25.9 Å². The molecule has 0 aromatic carbocycles. The first kappa shape index (κ1) is 16.1. The number of Topliss-reactive ketones (excluding diaryl/α,β-unsaturated/α-hetero) is 1. The minimum Gasteiger partial charge on any atom is -0.392 e. The van der Waals surface area contributed by atoms with E-state index in [1.54, 1.807) is 0 Å². The van der Waals surface area contributed by atoms with Crippen LogP contribution < -0.4 is 0 Å². The van der Waals surface area contributed by atoms with Gasteiger partial charge in [0.15, 0.2) is 11.4 Å². The van der Waals surface area contributed by atoms with Crippen LogP contribution in [0.4, 0.5) is 0 Å². The van der Waals surface area contributed by atoms with Crippen LogP contribution in [0.25, 0.3) is 0 Å². The molecule has 3 aliphatic rings. The molecule has 2 heterocycles. The van der Waals surface area contributed by atoms with Gasteiger partial charge in [-0.2, -0.15) is 0 Å². The summed E-state index contributed by atoms with van der Waals surface area (Å²) in [6.45, 7) is 4.07. The van der Waals surface area contributed by atoms with Gasteiger partial charge in [-0.3, -0.25) is 4.79 Å². The maximum absolute atomic E-state index is 12.2. The fourth-order valence-electron chi connectivity index (χ4n) is 3.83. The third-order valence-corrected chi connectivity index (χ3v) is 5.50. The maximum atomic E-state index is 12.2. The fourth-order valence-corrected chi connectivity index (χ4v) is 3.83. The second kappa shape index (κ2) is 5.11. The number of carbonyl (C=O) groups is 1. The quantitative estimate of drug-likeness (QED) is 0.562. The predicted molar refractivity (Wildman–Crippen MR) is 77.4 cm³/mol. The highest BCUT2D eigenvalue weighted by Crippen LogP contribution is 2.61. The van der Waals surface area contributed by atoms with E-state index >= 15 is 0 Å². The molecule has 1 aliphatic carbocycles. The van der Waals surface area contributed by atoms with Crippen molar-refractivity contribution in [3.8, 4) is 0 Å². The largest absolute Gasteiger partial charge is 0.392 e. The first-order chi connectivity index (χ1) is 10.3. The molecule has 0 bridgehead atoms. The minimum absolute atomic E-state index is 0.0000667. The molecule has 1 spiro atoms. The van der Waals surface area contributed by atoms with Crippen LogP contribution in [-0.4, -0.2) is 65.3 Å². The summed E-state index contributed by atoms with van der Waals surface area (Å²) in [7, 11) is 1.44. The summed E-state index contributed by atoms with van der Waals surface area (Å²) in [6.07, 6.45) is 2.17. The Morgan fingerprint density at radius 1 is 1.55 bits per heavy atom.